The average molecular weight is 618 g/mol. The number of hydrogen-bond donors (Lipinski definition) is 3. The van der Waals surface area contributed by atoms with Crippen LogP contribution in [0.15, 0.2) is 103 Å². The van der Waals surface area contributed by atoms with E-state index in [2.05, 4.69) is 10.6 Å². The van der Waals surface area contributed by atoms with Gasteiger partial charge in [0.25, 0.3) is 11.8 Å². The molecule has 0 bridgehead atoms. The van der Waals surface area contributed by atoms with Gasteiger partial charge in [0.05, 0.1) is 23.8 Å². The largest absolute Gasteiger partial charge is 0.416 e. The summed E-state index contributed by atoms with van der Waals surface area (Å²) in [6.45, 7) is 3.87. The van der Waals surface area contributed by atoms with Gasteiger partial charge in [0.15, 0.2) is 0 Å². The number of aliphatic hydroxyl groups excluding tert-OH is 1. The number of benzene rings is 4. The lowest BCUT2D eigenvalue weighted by molar-refractivity contribution is -0.137. The maximum Gasteiger partial charge on any atom is 0.416 e. The number of nitrogens with zero attached hydrogens (tertiary/aromatic N) is 1. The fourth-order valence-corrected chi connectivity index (χ4v) is 5.14. The van der Waals surface area contributed by atoms with Gasteiger partial charge >= 0.3 is 6.18 Å². The van der Waals surface area contributed by atoms with Gasteiger partial charge in [0.2, 0.25) is 0 Å². The predicted molar refractivity (Wildman–Crippen MR) is 169 cm³/mol. The van der Waals surface area contributed by atoms with Crippen LogP contribution in [-0.4, -0.2) is 47.6 Å². The van der Waals surface area contributed by atoms with E-state index in [9.17, 15) is 27.9 Å². The van der Waals surface area contributed by atoms with Crippen molar-refractivity contribution >= 4 is 11.8 Å². The molecule has 4 rings (SSSR count). The van der Waals surface area contributed by atoms with E-state index in [0.717, 1.165) is 28.8 Å². The monoisotopic (exact) mass is 617 g/mol. The van der Waals surface area contributed by atoms with Crippen LogP contribution in [0.1, 0.15) is 61.5 Å². The number of alkyl halides is 3. The van der Waals surface area contributed by atoms with Crippen LogP contribution in [0, 0.1) is 6.92 Å². The molecule has 0 spiro atoms. The Morgan fingerprint density at radius 3 is 2.13 bits per heavy atom. The molecular weight excluding hydrogens is 579 g/mol. The number of rotatable bonds is 12. The van der Waals surface area contributed by atoms with E-state index in [1.807, 2.05) is 74.5 Å². The Morgan fingerprint density at radius 1 is 0.844 bits per heavy atom. The zero-order valence-electron chi connectivity index (χ0n) is 25.5. The molecule has 4 aromatic rings. The van der Waals surface area contributed by atoms with Gasteiger partial charge in [-0.3, -0.25) is 9.59 Å². The molecule has 0 aliphatic carbocycles. The Kier molecular flexibility index (Phi) is 11.1. The summed E-state index contributed by atoms with van der Waals surface area (Å²) in [5.41, 5.74) is 2.93. The normalized spacial score (nSPS) is 13.5. The summed E-state index contributed by atoms with van der Waals surface area (Å²) in [6.07, 6.45) is -5.20. The van der Waals surface area contributed by atoms with Crippen LogP contribution in [0.5, 0.6) is 0 Å². The van der Waals surface area contributed by atoms with E-state index in [0.29, 0.717) is 17.5 Å². The second kappa shape index (κ2) is 15.0. The molecule has 236 valence electrons. The lowest BCUT2D eigenvalue weighted by Gasteiger charge is -2.26. The summed E-state index contributed by atoms with van der Waals surface area (Å²) in [4.78, 5) is 28.6. The van der Waals surface area contributed by atoms with Crippen LogP contribution in [0.2, 0.25) is 0 Å². The summed E-state index contributed by atoms with van der Waals surface area (Å²) >= 11 is 0. The zero-order valence-corrected chi connectivity index (χ0v) is 25.5. The molecule has 0 aliphatic rings. The van der Waals surface area contributed by atoms with Crippen molar-refractivity contribution in [1.29, 1.82) is 0 Å². The van der Waals surface area contributed by atoms with E-state index < -0.39 is 29.8 Å². The molecule has 2 amide bonds. The molecule has 0 heterocycles. The Labute approximate surface area is 261 Å². The molecule has 6 nitrogen and oxygen atoms in total. The summed E-state index contributed by atoms with van der Waals surface area (Å²) in [7, 11) is 1.72. The molecule has 9 heteroatoms. The lowest BCUT2D eigenvalue weighted by Crippen LogP contribution is -2.48. The number of aryl methyl sites for hydroxylation is 1. The maximum absolute atomic E-state index is 13.6. The number of carbonyl (C=O) groups is 2. The van der Waals surface area contributed by atoms with E-state index in [-0.39, 0.29) is 30.6 Å². The van der Waals surface area contributed by atoms with Gasteiger partial charge in [0.1, 0.15) is 0 Å². The molecule has 0 saturated heterocycles. The number of nitrogens with one attached hydrogen (secondary N) is 2. The van der Waals surface area contributed by atoms with Crippen molar-refractivity contribution in [2.24, 2.45) is 0 Å². The molecule has 3 atom stereocenters. The third-order valence-electron chi connectivity index (χ3n) is 7.79. The molecule has 0 fully saturated rings. The first-order valence-electron chi connectivity index (χ1n) is 14.8. The van der Waals surface area contributed by atoms with E-state index >= 15 is 0 Å². The summed E-state index contributed by atoms with van der Waals surface area (Å²) in [6, 6.07) is 28.1. The second-order valence-corrected chi connectivity index (χ2v) is 11.3. The van der Waals surface area contributed by atoms with Gasteiger partial charge in [0, 0.05) is 31.3 Å². The molecule has 0 radical (unpaired) electrons. The molecule has 0 aromatic heterocycles. The Morgan fingerprint density at radius 2 is 1.47 bits per heavy atom. The molecular formula is C36H38F3N3O3. The minimum absolute atomic E-state index is 0.0216. The van der Waals surface area contributed by atoms with E-state index in [4.69, 9.17) is 0 Å². The first-order valence-corrected chi connectivity index (χ1v) is 14.8. The number of aliphatic hydroxyl groups is 1. The van der Waals surface area contributed by atoms with Crippen molar-refractivity contribution in [2.45, 2.75) is 51.2 Å². The number of halogens is 3. The zero-order chi connectivity index (χ0) is 32.6. The minimum atomic E-state index is -4.45. The third kappa shape index (κ3) is 9.26. The van der Waals surface area contributed by atoms with E-state index in [1.54, 1.807) is 36.2 Å². The van der Waals surface area contributed by atoms with Crippen molar-refractivity contribution < 1.29 is 27.9 Å². The molecule has 4 aromatic carbocycles. The van der Waals surface area contributed by atoms with Gasteiger partial charge in [-0.2, -0.15) is 13.2 Å². The van der Waals surface area contributed by atoms with Gasteiger partial charge in [-0.05, 0) is 66.8 Å². The van der Waals surface area contributed by atoms with Crippen molar-refractivity contribution in [3.05, 3.63) is 142 Å². The lowest BCUT2D eigenvalue weighted by atomic mass is 9.99. The highest BCUT2D eigenvalue weighted by atomic mass is 19.4. The molecule has 45 heavy (non-hydrogen) atoms. The Balaban J connectivity index is 1.48. The molecule has 3 N–H and O–H groups in total. The van der Waals surface area contributed by atoms with Crippen LogP contribution >= 0.6 is 0 Å². The van der Waals surface area contributed by atoms with E-state index in [1.165, 1.54) is 6.07 Å². The summed E-state index contributed by atoms with van der Waals surface area (Å²) in [5.74, 6) is -0.687. The Hall–Kier alpha value is -4.47. The highest BCUT2D eigenvalue weighted by molar-refractivity contribution is 6.00. The van der Waals surface area contributed by atoms with Crippen LogP contribution < -0.4 is 10.6 Å². The fraction of sp³-hybridized carbons (Fsp3) is 0.278. The second-order valence-electron chi connectivity index (χ2n) is 11.3. The first-order chi connectivity index (χ1) is 21.4. The van der Waals surface area contributed by atoms with Gasteiger partial charge in [-0.1, -0.05) is 78.9 Å². The van der Waals surface area contributed by atoms with Gasteiger partial charge < -0.3 is 20.6 Å². The van der Waals surface area contributed by atoms with Gasteiger partial charge in [-0.25, -0.2) is 0 Å². The molecule has 0 saturated carbocycles. The molecule has 3 unspecified atom stereocenters. The smallest absolute Gasteiger partial charge is 0.390 e. The standard InChI is InChI=1S/C36H38F3N3O3/c1-24-17-29(21-30(18-24)35(45)42(3)25(2)28-14-8-5-9-15-28)34(44)41-32(20-26-11-6-4-7-12-26)33(43)23-40-22-27-13-10-16-31(19-27)36(37,38)39/h4-19,21,25,32-33,40,43H,20,22-23H2,1-3H3,(H,41,44). The highest BCUT2D eigenvalue weighted by Gasteiger charge is 2.30. The van der Waals surface area contributed by atoms with Crippen LogP contribution in [-0.2, 0) is 19.1 Å². The minimum Gasteiger partial charge on any atom is -0.390 e. The van der Waals surface area contributed by atoms with Gasteiger partial charge in [-0.15, -0.1) is 0 Å². The fourth-order valence-electron chi connectivity index (χ4n) is 5.14. The third-order valence-corrected chi connectivity index (χ3v) is 7.79. The van der Waals surface area contributed by atoms with Crippen molar-refractivity contribution in [2.75, 3.05) is 13.6 Å². The highest BCUT2D eigenvalue weighted by Crippen LogP contribution is 2.29. The number of carbonyl (C=O) groups excluding carboxylic acids is 2. The van der Waals surface area contributed by atoms with Crippen LogP contribution in [0.25, 0.3) is 0 Å². The first kappa shape index (κ1) is 33.4. The Bertz CT molecular complexity index is 1580. The summed E-state index contributed by atoms with van der Waals surface area (Å²) in [5, 5.41) is 17.1. The topological polar surface area (TPSA) is 81.7 Å². The van der Waals surface area contributed by atoms with Crippen molar-refractivity contribution in [3.8, 4) is 0 Å². The number of amides is 2. The van der Waals surface area contributed by atoms with Crippen molar-refractivity contribution in [3.63, 3.8) is 0 Å². The van der Waals surface area contributed by atoms with Crippen LogP contribution in [0.4, 0.5) is 13.2 Å². The number of hydrogen-bond acceptors (Lipinski definition) is 4. The maximum atomic E-state index is 13.6. The average Bonchev–Trinajstić information content (AvgIpc) is 3.03. The van der Waals surface area contributed by atoms with Crippen molar-refractivity contribution in [1.82, 2.24) is 15.5 Å². The SMILES string of the molecule is Cc1cc(C(=O)NC(Cc2ccccc2)C(O)CNCc2cccc(C(F)(F)F)c2)cc(C(=O)N(C)C(C)c2ccccc2)c1. The quantitative estimate of drug-likeness (QED) is 0.173. The van der Waals surface area contributed by atoms with Crippen LogP contribution in [0.3, 0.4) is 0 Å². The predicted octanol–water partition coefficient (Wildman–Crippen LogP) is 6.34. The molecule has 0 aliphatic heterocycles. The summed E-state index contributed by atoms with van der Waals surface area (Å²) < 4.78 is 39.3.